The summed E-state index contributed by atoms with van der Waals surface area (Å²) >= 11 is 0. The van der Waals surface area contributed by atoms with Gasteiger partial charge in [-0.1, -0.05) is 26.0 Å². The molecule has 0 aliphatic carbocycles. The Balaban J connectivity index is 2.55. The first-order chi connectivity index (χ1) is 11.3. The number of hydrogen-bond donors (Lipinski definition) is 1. The number of benzene rings is 1. The van der Waals surface area contributed by atoms with E-state index in [0.29, 0.717) is 17.0 Å². The molecule has 4 heteroatoms. The minimum Gasteiger partial charge on any atom is -0.366 e. The smallest absolute Gasteiger partial charge is 0.250 e. The van der Waals surface area contributed by atoms with Crippen molar-refractivity contribution in [1.29, 1.82) is 5.26 Å². The fourth-order valence-electron chi connectivity index (χ4n) is 3.11. The van der Waals surface area contributed by atoms with Crippen molar-refractivity contribution in [2.45, 2.75) is 46.6 Å². The molecule has 1 heterocycles. The van der Waals surface area contributed by atoms with Crippen LogP contribution in [0.5, 0.6) is 0 Å². The number of aromatic nitrogens is 1. The number of carbonyl (C=O) groups is 1. The lowest BCUT2D eigenvalue weighted by Crippen LogP contribution is -2.14. The van der Waals surface area contributed by atoms with Gasteiger partial charge in [-0.25, -0.2) is 0 Å². The second-order valence-electron chi connectivity index (χ2n) is 6.78. The number of nitriles is 1. The van der Waals surface area contributed by atoms with Crippen LogP contribution in [0.1, 0.15) is 61.3 Å². The van der Waals surface area contributed by atoms with E-state index < -0.39 is 5.91 Å². The molecule has 1 aromatic heterocycles. The molecule has 0 aliphatic heterocycles. The molecule has 1 unspecified atom stereocenters. The minimum absolute atomic E-state index is 0.251. The number of nitrogens with two attached hydrogens (primary N) is 1. The molecule has 24 heavy (non-hydrogen) atoms. The summed E-state index contributed by atoms with van der Waals surface area (Å²) in [5, 5.41) is 9.15. The van der Waals surface area contributed by atoms with Crippen molar-refractivity contribution < 1.29 is 4.79 Å². The van der Waals surface area contributed by atoms with Gasteiger partial charge in [-0.2, -0.15) is 5.26 Å². The van der Waals surface area contributed by atoms with Gasteiger partial charge >= 0.3 is 0 Å². The van der Waals surface area contributed by atoms with Gasteiger partial charge in [0.1, 0.15) is 0 Å². The summed E-state index contributed by atoms with van der Waals surface area (Å²) in [6.07, 6.45) is 2.14. The van der Waals surface area contributed by atoms with E-state index in [4.69, 9.17) is 11.0 Å². The number of nitrogens with zero attached hydrogens (tertiary/aromatic N) is 2. The molecule has 2 rings (SSSR count). The van der Waals surface area contributed by atoms with E-state index in [1.54, 1.807) is 6.07 Å². The van der Waals surface area contributed by atoms with Crippen LogP contribution in [0.3, 0.4) is 0 Å². The van der Waals surface area contributed by atoms with E-state index in [2.05, 4.69) is 31.4 Å². The van der Waals surface area contributed by atoms with E-state index in [1.165, 1.54) is 0 Å². The zero-order chi connectivity index (χ0) is 17.9. The van der Waals surface area contributed by atoms with Crippen LogP contribution in [0.4, 0.5) is 0 Å². The SMILES string of the molecule is Cc1c(C(N)=O)cc(-c2cccc(C#N)c2)n1C(C)CCC(C)C. The van der Waals surface area contributed by atoms with E-state index in [-0.39, 0.29) is 6.04 Å². The number of primary amides is 1. The first kappa shape index (κ1) is 17.8. The predicted octanol–water partition coefficient (Wildman–Crippen LogP) is 4.43. The molecular formula is C20H25N3O. The minimum atomic E-state index is -0.417. The lowest BCUT2D eigenvalue weighted by molar-refractivity contribution is 0.0999. The largest absolute Gasteiger partial charge is 0.366 e. The van der Waals surface area contributed by atoms with Crippen molar-refractivity contribution in [2.24, 2.45) is 11.7 Å². The maximum absolute atomic E-state index is 11.8. The zero-order valence-corrected chi connectivity index (χ0v) is 14.8. The molecular weight excluding hydrogens is 298 g/mol. The molecule has 126 valence electrons. The third-order valence-electron chi connectivity index (χ3n) is 4.45. The molecule has 4 nitrogen and oxygen atoms in total. The Kier molecular flexibility index (Phi) is 5.46. The lowest BCUT2D eigenvalue weighted by Gasteiger charge is -2.21. The Morgan fingerprint density at radius 2 is 1.96 bits per heavy atom. The molecule has 1 atom stereocenters. The molecule has 2 aromatic rings. The molecule has 0 bridgehead atoms. The van der Waals surface area contributed by atoms with Gasteiger partial charge in [0, 0.05) is 17.4 Å². The highest BCUT2D eigenvalue weighted by Gasteiger charge is 2.20. The maximum Gasteiger partial charge on any atom is 0.250 e. The van der Waals surface area contributed by atoms with E-state index in [0.717, 1.165) is 29.8 Å². The van der Waals surface area contributed by atoms with Crippen LogP contribution >= 0.6 is 0 Å². The highest BCUT2D eigenvalue weighted by Crippen LogP contribution is 2.32. The molecule has 2 N–H and O–H groups in total. The Morgan fingerprint density at radius 1 is 1.25 bits per heavy atom. The first-order valence-corrected chi connectivity index (χ1v) is 8.37. The highest BCUT2D eigenvalue weighted by molar-refractivity contribution is 5.95. The van der Waals surface area contributed by atoms with Crippen molar-refractivity contribution in [3.05, 3.63) is 47.2 Å². The van der Waals surface area contributed by atoms with Crippen molar-refractivity contribution in [3.63, 3.8) is 0 Å². The summed E-state index contributed by atoms with van der Waals surface area (Å²) in [6.45, 7) is 8.52. The number of hydrogen-bond acceptors (Lipinski definition) is 2. The van der Waals surface area contributed by atoms with Crippen molar-refractivity contribution in [1.82, 2.24) is 4.57 Å². The second-order valence-corrected chi connectivity index (χ2v) is 6.78. The van der Waals surface area contributed by atoms with Crippen LogP contribution in [-0.4, -0.2) is 10.5 Å². The number of carbonyl (C=O) groups excluding carboxylic acids is 1. The monoisotopic (exact) mass is 323 g/mol. The average Bonchev–Trinajstić information content (AvgIpc) is 2.90. The quantitative estimate of drug-likeness (QED) is 0.854. The Labute approximate surface area is 143 Å². The van der Waals surface area contributed by atoms with Gasteiger partial charge in [-0.05, 0) is 56.4 Å². The van der Waals surface area contributed by atoms with Gasteiger partial charge in [0.2, 0.25) is 0 Å². The molecule has 1 aromatic carbocycles. The van der Waals surface area contributed by atoms with Gasteiger partial charge in [0.05, 0.1) is 17.2 Å². The molecule has 0 saturated heterocycles. The van der Waals surface area contributed by atoms with Gasteiger partial charge in [0.15, 0.2) is 0 Å². The van der Waals surface area contributed by atoms with E-state index in [1.807, 2.05) is 31.2 Å². The summed E-state index contributed by atoms with van der Waals surface area (Å²) in [5.41, 5.74) is 9.46. The maximum atomic E-state index is 11.8. The Morgan fingerprint density at radius 3 is 2.54 bits per heavy atom. The summed E-state index contributed by atoms with van der Waals surface area (Å²) in [7, 11) is 0. The van der Waals surface area contributed by atoms with Gasteiger partial charge in [-0.3, -0.25) is 4.79 Å². The first-order valence-electron chi connectivity index (χ1n) is 8.37. The molecule has 0 saturated carbocycles. The normalized spacial score (nSPS) is 12.2. The molecule has 1 amide bonds. The third-order valence-corrected chi connectivity index (χ3v) is 4.45. The Hall–Kier alpha value is -2.54. The van der Waals surface area contributed by atoms with Gasteiger partial charge in [-0.15, -0.1) is 0 Å². The average molecular weight is 323 g/mol. The Bertz CT molecular complexity index is 781. The van der Waals surface area contributed by atoms with Crippen LogP contribution in [0.15, 0.2) is 30.3 Å². The van der Waals surface area contributed by atoms with Crippen molar-refractivity contribution in [2.75, 3.05) is 0 Å². The summed E-state index contributed by atoms with van der Waals surface area (Å²) in [5.74, 6) is 0.212. The molecule has 0 fully saturated rings. The topological polar surface area (TPSA) is 71.8 Å². The van der Waals surface area contributed by atoms with Crippen LogP contribution in [-0.2, 0) is 0 Å². The highest BCUT2D eigenvalue weighted by atomic mass is 16.1. The molecule has 0 radical (unpaired) electrons. The summed E-state index contributed by atoms with van der Waals surface area (Å²) in [4.78, 5) is 11.8. The van der Waals surface area contributed by atoms with Crippen LogP contribution in [0.2, 0.25) is 0 Å². The lowest BCUT2D eigenvalue weighted by atomic mass is 10.0. The number of amides is 1. The molecule has 0 spiro atoms. The summed E-state index contributed by atoms with van der Waals surface area (Å²) in [6, 6.07) is 11.7. The van der Waals surface area contributed by atoms with E-state index in [9.17, 15) is 4.79 Å². The third kappa shape index (κ3) is 3.68. The second kappa shape index (κ2) is 7.35. The number of rotatable bonds is 6. The van der Waals surface area contributed by atoms with E-state index >= 15 is 0 Å². The van der Waals surface area contributed by atoms with Gasteiger partial charge < -0.3 is 10.3 Å². The standard InChI is InChI=1S/C20H25N3O/c1-13(2)8-9-14(3)23-15(4)18(20(22)24)11-19(23)17-7-5-6-16(10-17)12-21/h5-7,10-11,13-14H,8-9H2,1-4H3,(H2,22,24). The molecule has 0 aliphatic rings. The predicted molar refractivity (Wildman–Crippen MR) is 96.6 cm³/mol. The van der Waals surface area contributed by atoms with Crippen LogP contribution < -0.4 is 5.73 Å². The van der Waals surface area contributed by atoms with Gasteiger partial charge in [0.25, 0.3) is 5.91 Å². The van der Waals surface area contributed by atoms with Crippen LogP contribution in [0, 0.1) is 24.2 Å². The fraction of sp³-hybridized carbons (Fsp3) is 0.400. The fourth-order valence-corrected chi connectivity index (χ4v) is 3.11. The van der Waals surface area contributed by atoms with Crippen LogP contribution in [0.25, 0.3) is 11.3 Å². The summed E-state index contributed by atoms with van der Waals surface area (Å²) < 4.78 is 2.18. The van der Waals surface area contributed by atoms with Crippen molar-refractivity contribution in [3.8, 4) is 17.3 Å². The zero-order valence-electron chi connectivity index (χ0n) is 14.8. The van der Waals surface area contributed by atoms with Crippen molar-refractivity contribution >= 4 is 5.91 Å².